The maximum atomic E-state index is 12.6. The van der Waals surface area contributed by atoms with E-state index >= 15 is 0 Å². The fourth-order valence-electron chi connectivity index (χ4n) is 5.40. The first-order chi connectivity index (χ1) is 13.0. The summed E-state index contributed by atoms with van der Waals surface area (Å²) in [6, 6.07) is -0.763. The first-order valence-electron chi connectivity index (χ1n) is 9.92. The Bertz CT molecular complexity index is 626. The molecule has 1 amide bonds. The molecule has 3 N–H and O–H groups in total. The second kappa shape index (κ2) is 6.80. The smallest absolute Gasteiger partial charge is 0.375 e. The van der Waals surface area contributed by atoms with Crippen LogP contribution in [-0.2, 0) is 14.3 Å². The van der Waals surface area contributed by atoms with E-state index in [1.807, 2.05) is 0 Å². The van der Waals surface area contributed by atoms with Gasteiger partial charge < -0.3 is 15.0 Å². The number of alkyl halides is 3. The third kappa shape index (κ3) is 3.65. The van der Waals surface area contributed by atoms with Gasteiger partial charge in [-0.05, 0) is 40.0 Å². The molecule has 7 nitrogen and oxygen atoms in total. The largest absolute Gasteiger partial charge is 0.522 e. The highest BCUT2D eigenvalue weighted by Crippen LogP contribution is 2.60. The molecule has 28 heavy (non-hydrogen) atoms. The van der Waals surface area contributed by atoms with E-state index in [1.165, 1.54) is 4.90 Å². The van der Waals surface area contributed by atoms with Gasteiger partial charge in [-0.2, -0.15) is 0 Å². The van der Waals surface area contributed by atoms with Crippen molar-refractivity contribution in [3.8, 4) is 0 Å². The molecular formula is C18H29F3N4O3. The summed E-state index contributed by atoms with van der Waals surface area (Å²) in [4.78, 5) is 14.1. The standard InChI is InChI=1S/C18H29F3N4O3/c1-10(15(26)25-5-12(11(25)2)28-18(19,20)21)24-14-4-13(22-9-23-14)17-6-16(3,7-17)27-8-17/h10-14,22-24H,4-9H2,1-3H3/t10-,11+,12+,13?,14?,16?,17?/m1/s1. The van der Waals surface area contributed by atoms with Crippen molar-refractivity contribution in [2.45, 2.75) is 82.4 Å². The first kappa shape index (κ1) is 20.3. The zero-order chi connectivity index (χ0) is 20.3. The number of rotatable bonds is 5. The average molecular weight is 406 g/mol. The van der Waals surface area contributed by atoms with Gasteiger partial charge in [0.25, 0.3) is 0 Å². The number of nitrogens with zero attached hydrogens (tertiary/aromatic N) is 1. The Balaban J connectivity index is 1.27. The second-order valence-electron chi connectivity index (χ2n) is 9.10. The Morgan fingerprint density at radius 1 is 1.36 bits per heavy atom. The number of hydrogen-bond donors (Lipinski definition) is 3. The van der Waals surface area contributed by atoms with Gasteiger partial charge in [0.1, 0.15) is 6.10 Å². The van der Waals surface area contributed by atoms with E-state index in [9.17, 15) is 18.0 Å². The highest BCUT2D eigenvalue weighted by atomic mass is 19.4. The van der Waals surface area contributed by atoms with Crippen LogP contribution < -0.4 is 16.0 Å². The zero-order valence-corrected chi connectivity index (χ0v) is 16.4. The molecule has 2 bridgehead atoms. The minimum Gasteiger partial charge on any atom is -0.375 e. The van der Waals surface area contributed by atoms with E-state index in [0.717, 1.165) is 25.9 Å². The number of carbonyl (C=O) groups is 1. The molecule has 4 heterocycles. The molecule has 1 aliphatic carbocycles. The molecule has 0 radical (unpaired) electrons. The number of fused-ring (bicyclic) bond motifs is 1. The molecular weight excluding hydrogens is 377 g/mol. The van der Waals surface area contributed by atoms with Gasteiger partial charge in [-0.1, -0.05) is 0 Å². The molecule has 5 rings (SSSR count). The minimum atomic E-state index is -4.67. The summed E-state index contributed by atoms with van der Waals surface area (Å²) in [6.07, 6.45) is -2.76. The van der Waals surface area contributed by atoms with E-state index in [1.54, 1.807) is 13.8 Å². The Labute approximate surface area is 162 Å². The molecule has 10 heteroatoms. The van der Waals surface area contributed by atoms with Gasteiger partial charge in [-0.3, -0.25) is 20.2 Å². The molecule has 5 aliphatic rings. The number of nitrogens with one attached hydrogen (secondary N) is 3. The van der Waals surface area contributed by atoms with Gasteiger partial charge in [-0.25, -0.2) is 0 Å². The molecule has 5 fully saturated rings. The van der Waals surface area contributed by atoms with Crippen LogP contribution in [0.25, 0.3) is 0 Å². The summed E-state index contributed by atoms with van der Waals surface area (Å²) >= 11 is 0. The average Bonchev–Trinajstić information content (AvgIpc) is 3.11. The molecule has 0 aromatic rings. The van der Waals surface area contributed by atoms with E-state index in [2.05, 4.69) is 27.6 Å². The third-order valence-corrected chi connectivity index (χ3v) is 6.86. The van der Waals surface area contributed by atoms with Crippen LogP contribution in [0.4, 0.5) is 13.2 Å². The van der Waals surface area contributed by atoms with E-state index < -0.39 is 24.6 Å². The SMILES string of the molecule is C[C@@H](NC1CC(C23COC(C)(C2)C3)NCN1)C(=O)N1C[C@H](OC(F)(F)F)[C@@H]1C. The quantitative estimate of drug-likeness (QED) is 0.630. The summed E-state index contributed by atoms with van der Waals surface area (Å²) in [5.74, 6) is -0.204. The Kier molecular flexibility index (Phi) is 4.94. The van der Waals surface area contributed by atoms with Crippen LogP contribution >= 0.6 is 0 Å². The molecule has 4 saturated heterocycles. The summed E-state index contributed by atoms with van der Waals surface area (Å²) in [5.41, 5.74) is 0.208. The Morgan fingerprint density at radius 3 is 2.64 bits per heavy atom. The maximum absolute atomic E-state index is 12.6. The fraction of sp³-hybridized carbons (Fsp3) is 0.944. The van der Waals surface area contributed by atoms with Crippen LogP contribution in [0.1, 0.15) is 40.0 Å². The number of amides is 1. The van der Waals surface area contributed by atoms with E-state index in [4.69, 9.17) is 4.74 Å². The summed E-state index contributed by atoms with van der Waals surface area (Å²) in [7, 11) is 0. The normalized spacial score (nSPS) is 44.0. The van der Waals surface area contributed by atoms with Crippen LogP contribution in [-0.4, -0.2) is 73.0 Å². The Hall–Kier alpha value is -0.940. The number of hydrogen-bond acceptors (Lipinski definition) is 6. The van der Waals surface area contributed by atoms with Crippen molar-refractivity contribution in [3.05, 3.63) is 0 Å². The lowest BCUT2D eigenvalue weighted by Gasteiger charge is -2.50. The molecule has 1 saturated carbocycles. The van der Waals surface area contributed by atoms with E-state index in [-0.39, 0.29) is 29.6 Å². The predicted octanol–water partition coefficient (Wildman–Crippen LogP) is 0.904. The van der Waals surface area contributed by atoms with Crippen molar-refractivity contribution in [3.63, 3.8) is 0 Å². The molecule has 5 atom stereocenters. The highest BCUT2D eigenvalue weighted by molar-refractivity contribution is 5.82. The highest BCUT2D eigenvalue weighted by Gasteiger charge is 2.63. The van der Waals surface area contributed by atoms with E-state index in [0.29, 0.717) is 12.7 Å². The van der Waals surface area contributed by atoms with Gasteiger partial charge in [0.05, 0.1) is 30.5 Å². The molecule has 2 unspecified atom stereocenters. The van der Waals surface area contributed by atoms with Crippen molar-refractivity contribution in [2.24, 2.45) is 5.41 Å². The monoisotopic (exact) mass is 406 g/mol. The van der Waals surface area contributed by atoms with Crippen molar-refractivity contribution in [2.75, 3.05) is 19.8 Å². The van der Waals surface area contributed by atoms with Gasteiger partial charge >= 0.3 is 6.36 Å². The number of carbonyl (C=O) groups excluding carboxylic acids is 1. The van der Waals surface area contributed by atoms with Crippen LogP contribution in [0.3, 0.4) is 0 Å². The molecule has 4 aliphatic heterocycles. The van der Waals surface area contributed by atoms with Gasteiger partial charge in [0.15, 0.2) is 0 Å². The lowest BCUT2D eigenvalue weighted by molar-refractivity contribution is -0.359. The van der Waals surface area contributed by atoms with Crippen LogP contribution in [0.2, 0.25) is 0 Å². The second-order valence-corrected chi connectivity index (χ2v) is 9.10. The van der Waals surface area contributed by atoms with Crippen molar-refractivity contribution in [1.29, 1.82) is 0 Å². The van der Waals surface area contributed by atoms with Crippen molar-refractivity contribution in [1.82, 2.24) is 20.9 Å². The Morgan fingerprint density at radius 2 is 2.07 bits per heavy atom. The summed E-state index contributed by atoms with van der Waals surface area (Å²) in [6.45, 7) is 6.86. The van der Waals surface area contributed by atoms with Crippen LogP contribution in [0.15, 0.2) is 0 Å². The van der Waals surface area contributed by atoms with Gasteiger partial charge in [0, 0.05) is 24.7 Å². The number of likely N-dealkylation sites (tertiary alicyclic amines) is 1. The van der Waals surface area contributed by atoms with Crippen LogP contribution in [0.5, 0.6) is 0 Å². The van der Waals surface area contributed by atoms with Gasteiger partial charge in [0.2, 0.25) is 5.91 Å². The molecule has 0 aromatic carbocycles. The van der Waals surface area contributed by atoms with Crippen LogP contribution in [0, 0.1) is 5.41 Å². The summed E-state index contributed by atoms with van der Waals surface area (Å²) in [5, 5.41) is 10.1. The lowest BCUT2D eigenvalue weighted by atomic mass is 9.58. The topological polar surface area (TPSA) is 74.9 Å². The maximum Gasteiger partial charge on any atom is 0.522 e. The van der Waals surface area contributed by atoms with Gasteiger partial charge in [-0.15, -0.1) is 13.2 Å². The minimum absolute atomic E-state index is 0.0292. The predicted molar refractivity (Wildman–Crippen MR) is 94.1 cm³/mol. The lowest BCUT2D eigenvalue weighted by Crippen LogP contribution is -2.68. The zero-order valence-electron chi connectivity index (χ0n) is 16.4. The first-order valence-corrected chi connectivity index (χ1v) is 9.92. The molecule has 0 aromatic heterocycles. The fourth-order valence-corrected chi connectivity index (χ4v) is 5.40. The molecule has 0 spiro atoms. The molecule has 160 valence electrons. The third-order valence-electron chi connectivity index (χ3n) is 6.86. The van der Waals surface area contributed by atoms with Crippen molar-refractivity contribution < 1.29 is 27.4 Å². The van der Waals surface area contributed by atoms with Crippen molar-refractivity contribution >= 4 is 5.91 Å². The number of halogens is 3. The number of ether oxygens (including phenoxy) is 2. The summed E-state index contributed by atoms with van der Waals surface area (Å²) < 4.78 is 47.0.